The topological polar surface area (TPSA) is 3.24 Å². The van der Waals surface area contributed by atoms with E-state index in [1.807, 2.05) is 7.05 Å². The molecule has 1 nitrogen and oxygen atoms in total. The molecule has 1 unspecified atom stereocenters. The van der Waals surface area contributed by atoms with E-state index in [0.29, 0.717) is 17.9 Å². The van der Waals surface area contributed by atoms with Gasteiger partial charge in [0.25, 0.3) is 0 Å². The molecule has 1 heterocycles. The van der Waals surface area contributed by atoms with Gasteiger partial charge in [-0.15, -0.1) is 0 Å². The molecule has 84 valence electrons. The first-order chi connectivity index (χ1) is 6.38. The van der Waals surface area contributed by atoms with E-state index in [9.17, 15) is 4.39 Å². The third-order valence-corrected chi connectivity index (χ3v) is 3.14. The van der Waals surface area contributed by atoms with Crippen molar-refractivity contribution >= 4 is 0 Å². The Bertz CT molecular complexity index is 174. The first kappa shape index (κ1) is 12.0. The summed E-state index contributed by atoms with van der Waals surface area (Å²) in [5.41, 5.74) is 0.350. The van der Waals surface area contributed by atoms with E-state index in [4.69, 9.17) is 0 Å². The van der Waals surface area contributed by atoms with Crippen LogP contribution in [0.2, 0.25) is 0 Å². The Hall–Kier alpha value is -0.110. The van der Waals surface area contributed by atoms with Crippen LogP contribution in [-0.2, 0) is 0 Å². The lowest BCUT2D eigenvalue weighted by Crippen LogP contribution is -2.39. The number of piperidine rings is 1. The molecule has 0 saturated carbocycles. The van der Waals surface area contributed by atoms with E-state index < -0.39 is 6.17 Å². The van der Waals surface area contributed by atoms with Crippen LogP contribution in [0.25, 0.3) is 0 Å². The van der Waals surface area contributed by atoms with Crippen molar-refractivity contribution in [2.45, 2.75) is 46.2 Å². The van der Waals surface area contributed by atoms with E-state index in [2.05, 4.69) is 25.7 Å². The molecule has 1 saturated heterocycles. The first-order valence-electron chi connectivity index (χ1n) is 5.71. The van der Waals surface area contributed by atoms with Crippen molar-refractivity contribution in [1.82, 2.24) is 4.90 Å². The van der Waals surface area contributed by atoms with Gasteiger partial charge in [0.15, 0.2) is 0 Å². The normalized spacial score (nSPS) is 30.6. The molecule has 0 amide bonds. The average Bonchev–Trinajstić information content (AvgIpc) is 2.00. The number of rotatable bonds is 2. The van der Waals surface area contributed by atoms with E-state index in [1.165, 1.54) is 0 Å². The summed E-state index contributed by atoms with van der Waals surface area (Å²) in [5, 5.41) is 0. The fourth-order valence-corrected chi connectivity index (χ4v) is 2.05. The van der Waals surface area contributed by atoms with Crippen LogP contribution in [0.1, 0.15) is 40.0 Å². The first-order valence-corrected chi connectivity index (χ1v) is 5.71. The second-order valence-electron chi connectivity index (χ2n) is 5.93. The van der Waals surface area contributed by atoms with Crippen LogP contribution >= 0.6 is 0 Å². The van der Waals surface area contributed by atoms with Crippen LogP contribution in [0.5, 0.6) is 0 Å². The summed E-state index contributed by atoms with van der Waals surface area (Å²) in [4.78, 5) is 2.10. The number of hydrogen-bond donors (Lipinski definition) is 0. The number of alkyl halides is 1. The standard InChI is InChI=1S/C12H24FN/c1-12(2,3)7-5-10-6-8-14(4)9-11(10)13/h10-11H,5-9H2,1-4H3/t10?,11-/m1/s1. The molecule has 0 aromatic heterocycles. The van der Waals surface area contributed by atoms with E-state index in [1.54, 1.807) is 0 Å². The van der Waals surface area contributed by atoms with Gasteiger partial charge in [-0.1, -0.05) is 20.8 Å². The molecule has 0 bridgehead atoms. The molecule has 1 fully saturated rings. The maximum Gasteiger partial charge on any atom is 0.116 e. The van der Waals surface area contributed by atoms with Gasteiger partial charge in [-0.2, -0.15) is 0 Å². The Morgan fingerprint density at radius 3 is 2.50 bits per heavy atom. The molecular formula is C12H24FN. The van der Waals surface area contributed by atoms with Gasteiger partial charge >= 0.3 is 0 Å². The Morgan fingerprint density at radius 2 is 2.00 bits per heavy atom. The van der Waals surface area contributed by atoms with Crippen molar-refractivity contribution in [2.24, 2.45) is 11.3 Å². The van der Waals surface area contributed by atoms with Crippen LogP contribution in [0.3, 0.4) is 0 Å². The van der Waals surface area contributed by atoms with Crippen molar-refractivity contribution in [3.63, 3.8) is 0 Å². The zero-order chi connectivity index (χ0) is 10.8. The molecule has 14 heavy (non-hydrogen) atoms. The molecule has 0 aromatic rings. The predicted octanol–water partition coefficient (Wildman–Crippen LogP) is 3.10. The lowest BCUT2D eigenvalue weighted by atomic mass is 9.83. The van der Waals surface area contributed by atoms with E-state index in [0.717, 1.165) is 25.8 Å². The number of nitrogens with zero attached hydrogens (tertiary/aromatic N) is 1. The third kappa shape index (κ3) is 3.95. The average molecular weight is 201 g/mol. The monoisotopic (exact) mass is 201 g/mol. The smallest absolute Gasteiger partial charge is 0.116 e. The van der Waals surface area contributed by atoms with Gasteiger partial charge in [0, 0.05) is 6.54 Å². The Kier molecular flexibility index (Phi) is 3.94. The van der Waals surface area contributed by atoms with Crippen molar-refractivity contribution in [3.05, 3.63) is 0 Å². The van der Waals surface area contributed by atoms with Crippen LogP contribution < -0.4 is 0 Å². The summed E-state index contributed by atoms with van der Waals surface area (Å²) >= 11 is 0. The summed E-state index contributed by atoms with van der Waals surface area (Å²) in [5.74, 6) is 0.311. The summed E-state index contributed by atoms with van der Waals surface area (Å²) in [7, 11) is 2.01. The van der Waals surface area contributed by atoms with Gasteiger partial charge in [0.05, 0.1) is 0 Å². The quantitative estimate of drug-likeness (QED) is 0.663. The lowest BCUT2D eigenvalue weighted by Gasteiger charge is -2.33. The van der Waals surface area contributed by atoms with Crippen LogP contribution in [0.4, 0.5) is 4.39 Å². The minimum absolute atomic E-state index is 0.311. The summed E-state index contributed by atoms with van der Waals surface area (Å²) in [6.45, 7) is 8.39. The van der Waals surface area contributed by atoms with Gasteiger partial charge in [-0.25, -0.2) is 4.39 Å². The Morgan fingerprint density at radius 1 is 1.36 bits per heavy atom. The van der Waals surface area contributed by atoms with Crippen molar-refractivity contribution in [1.29, 1.82) is 0 Å². The lowest BCUT2D eigenvalue weighted by molar-refractivity contribution is 0.0895. The number of hydrogen-bond acceptors (Lipinski definition) is 1. The third-order valence-electron chi connectivity index (χ3n) is 3.14. The Labute approximate surface area is 87.7 Å². The van der Waals surface area contributed by atoms with Gasteiger partial charge in [0.1, 0.15) is 6.17 Å². The maximum atomic E-state index is 13.6. The molecule has 0 aliphatic carbocycles. The number of halogens is 1. The molecule has 0 N–H and O–H groups in total. The van der Waals surface area contributed by atoms with E-state index >= 15 is 0 Å². The van der Waals surface area contributed by atoms with Crippen molar-refractivity contribution in [2.75, 3.05) is 20.1 Å². The van der Waals surface area contributed by atoms with Gasteiger partial charge in [0.2, 0.25) is 0 Å². The van der Waals surface area contributed by atoms with Crippen LogP contribution in [0, 0.1) is 11.3 Å². The maximum absolute atomic E-state index is 13.6. The molecule has 2 atom stereocenters. The molecule has 0 radical (unpaired) electrons. The van der Waals surface area contributed by atoms with Crippen LogP contribution in [0.15, 0.2) is 0 Å². The fraction of sp³-hybridized carbons (Fsp3) is 1.00. The zero-order valence-corrected chi connectivity index (χ0v) is 10.0. The highest BCUT2D eigenvalue weighted by Gasteiger charge is 2.28. The summed E-state index contributed by atoms with van der Waals surface area (Å²) in [6.07, 6.45) is 2.63. The van der Waals surface area contributed by atoms with Crippen molar-refractivity contribution < 1.29 is 4.39 Å². The predicted molar refractivity (Wildman–Crippen MR) is 59.2 cm³/mol. The number of likely N-dealkylation sites (tertiary alicyclic amines) is 1. The van der Waals surface area contributed by atoms with Gasteiger partial charge in [-0.3, -0.25) is 0 Å². The highest BCUT2D eigenvalue weighted by atomic mass is 19.1. The summed E-state index contributed by atoms with van der Waals surface area (Å²) in [6, 6.07) is 0. The van der Waals surface area contributed by atoms with Crippen LogP contribution in [-0.4, -0.2) is 31.2 Å². The minimum atomic E-state index is -0.601. The zero-order valence-electron chi connectivity index (χ0n) is 10.0. The SMILES string of the molecule is CN1CCC(CCC(C)(C)C)[C@H](F)C1. The molecule has 1 aliphatic rings. The second kappa shape index (κ2) is 4.61. The minimum Gasteiger partial charge on any atom is -0.303 e. The summed E-state index contributed by atoms with van der Waals surface area (Å²) < 4.78 is 13.6. The molecule has 0 aromatic carbocycles. The molecule has 0 spiro atoms. The Balaban J connectivity index is 2.31. The molecule has 1 aliphatic heterocycles. The fourth-order valence-electron chi connectivity index (χ4n) is 2.05. The highest BCUT2D eigenvalue weighted by molar-refractivity contribution is 4.80. The molecular weight excluding hydrogens is 177 g/mol. The molecule has 1 rings (SSSR count). The largest absolute Gasteiger partial charge is 0.303 e. The second-order valence-corrected chi connectivity index (χ2v) is 5.93. The van der Waals surface area contributed by atoms with Gasteiger partial charge in [-0.05, 0) is 44.2 Å². The molecule has 2 heteroatoms. The highest BCUT2D eigenvalue weighted by Crippen LogP contribution is 2.29. The van der Waals surface area contributed by atoms with Crippen molar-refractivity contribution in [3.8, 4) is 0 Å². The van der Waals surface area contributed by atoms with E-state index in [-0.39, 0.29) is 0 Å². The van der Waals surface area contributed by atoms with Gasteiger partial charge < -0.3 is 4.90 Å².